The summed E-state index contributed by atoms with van der Waals surface area (Å²) in [5.41, 5.74) is 0.227. The Balaban J connectivity index is 2.54. The van der Waals surface area contributed by atoms with E-state index < -0.39 is 23.8 Å². The molecule has 1 N–H and O–H groups in total. The maximum atomic E-state index is 12.9. The van der Waals surface area contributed by atoms with Crippen LogP contribution in [0.5, 0.6) is 5.75 Å². The van der Waals surface area contributed by atoms with E-state index in [-0.39, 0.29) is 11.2 Å². The zero-order valence-corrected chi connectivity index (χ0v) is 11.8. The van der Waals surface area contributed by atoms with Crippen LogP contribution in [0, 0.1) is 0 Å². The number of benzene rings is 1. The second-order valence-electron chi connectivity index (χ2n) is 5.95. The standard InChI is InChI=1S/C15H15F3O3/c1-14(2,3)9-4-5-11-8(6-9)7-10(13(19)20)12(21-11)15(16,17)18/h4-7,12H,1-3H3,(H,19,20). The lowest BCUT2D eigenvalue weighted by molar-refractivity contribution is -0.187. The predicted molar refractivity (Wildman–Crippen MR) is 71.2 cm³/mol. The smallest absolute Gasteiger partial charge is 0.430 e. The summed E-state index contributed by atoms with van der Waals surface area (Å²) in [5.74, 6) is -1.60. The molecule has 1 aromatic rings. The third kappa shape index (κ3) is 3.04. The highest BCUT2D eigenvalue weighted by molar-refractivity contribution is 5.95. The van der Waals surface area contributed by atoms with Gasteiger partial charge in [-0.3, -0.25) is 0 Å². The van der Waals surface area contributed by atoms with Crippen LogP contribution in [0.2, 0.25) is 0 Å². The molecule has 0 aliphatic carbocycles. The van der Waals surface area contributed by atoms with Gasteiger partial charge >= 0.3 is 12.1 Å². The van der Waals surface area contributed by atoms with E-state index in [4.69, 9.17) is 9.84 Å². The van der Waals surface area contributed by atoms with E-state index in [2.05, 4.69) is 0 Å². The van der Waals surface area contributed by atoms with Gasteiger partial charge in [0.15, 0.2) is 0 Å². The predicted octanol–water partition coefficient (Wildman–Crippen LogP) is 3.78. The number of carboxylic acid groups (broad SMARTS) is 1. The molecule has 0 aromatic heterocycles. The van der Waals surface area contributed by atoms with Crippen LogP contribution in [0.15, 0.2) is 23.8 Å². The molecule has 3 nitrogen and oxygen atoms in total. The molecular weight excluding hydrogens is 285 g/mol. The molecule has 0 spiro atoms. The Kier molecular flexibility index (Phi) is 3.51. The van der Waals surface area contributed by atoms with Gasteiger partial charge in [-0.25, -0.2) is 4.79 Å². The van der Waals surface area contributed by atoms with Crippen molar-refractivity contribution in [1.29, 1.82) is 0 Å². The highest BCUT2D eigenvalue weighted by atomic mass is 19.4. The van der Waals surface area contributed by atoms with Gasteiger partial charge in [-0.15, -0.1) is 0 Å². The highest BCUT2D eigenvalue weighted by Crippen LogP contribution is 2.38. The van der Waals surface area contributed by atoms with Gasteiger partial charge < -0.3 is 9.84 Å². The van der Waals surface area contributed by atoms with Crippen LogP contribution in [-0.4, -0.2) is 23.4 Å². The third-order valence-electron chi connectivity index (χ3n) is 3.26. The lowest BCUT2D eigenvalue weighted by Crippen LogP contribution is -2.40. The molecule has 0 saturated carbocycles. The first kappa shape index (κ1) is 15.4. The normalized spacial score (nSPS) is 18.6. The molecule has 0 saturated heterocycles. The first-order valence-corrected chi connectivity index (χ1v) is 6.33. The molecule has 21 heavy (non-hydrogen) atoms. The van der Waals surface area contributed by atoms with Gasteiger partial charge in [-0.2, -0.15) is 13.2 Å². The van der Waals surface area contributed by atoms with Crippen LogP contribution < -0.4 is 4.74 Å². The zero-order chi connectivity index (χ0) is 16.0. The van der Waals surface area contributed by atoms with Crippen LogP contribution in [0.25, 0.3) is 6.08 Å². The number of alkyl halides is 3. The molecule has 0 bridgehead atoms. The van der Waals surface area contributed by atoms with Crippen LogP contribution >= 0.6 is 0 Å². The van der Waals surface area contributed by atoms with Crippen molar-refractivity contribution in [3.63, 3.8) is 0 Å². The highest BCUT2D eigenvalue weighted by Gasteiger charge is 2.48. The summed E-state index contributed by atoms with van der Waals surface area (Å²) in [6, 6.07) is 4.79. The second-order valence-corrected chi connectivity index (χ2v) is 5.95. The van der Waals surface area contributed by atoms with Gasteiger partial charge in [0.05, 0.1) is 5.57 Å². The van der Waals surface area contributed by atoms with Crippen LogP contribution in [-0.2, 0) is 10.2 Å². The monoisotopic (exact) mass is 300 g/mol. The molecule has 1 atom stereocenters. The van der Waals surface area contributed by atoms with Crippen molar-refractivity contribution in [3.8, 4) is 5.75 Å². The number of rotatable bonds is 1. The second kappa shape index (κ2) is 4.79. The Labute approximate surface area is 120 Å². The fraction of sp³-hybridized carbons (Fsp3) is 0.400. The molecule has 114 valence electrons. The molecule has 1 heterocycles. The van der Waals surface area contributed by atoms with Crippen LogP contribution in [0.3, 0.4) is 0 Å². The minimum atomic E-state index is -4.77. The Hall–Kier alpha value is -1.98. The van der Waals surface area contributed by atoms with Crippen molar-refractivity contribution in [2.75, 3.05) is 0 Å². The van der Waals surface area contributed by atoms with Crippen molar-refractivity contribution < 1.29 is 27.8 Å². The first-order valence-electron chi connectivity index (χ1n) is 6.33. The summed E-state index contributed by atoms with van der Waals surface area (Å²) in [6.07, 6.45) is -6.18. The molecule has 1 aliphatic rings. The number of hydrogen-bond donors (Lipinski definition) is 1. The number of hydrogen-bond acceptors (Lipinski definition) is 2. The number of halogens is 3. The quantitative estimate of drug-likeness (QED) is 0.858. The minimum absolute atomic E-state index is 0.0373. The van der Waals surface area contributed by atoms with Gasteiger partial charge in [0.1, 0.15) is 5.75 Å². The summed E-state index contributed by atoms with van der Waals surface area (Å²) < 4.78 is 43.5. The van der Waals surface area contributed by atoms with Crippen LogP contribution in [0.4, 0.5) is 13.2 Å². The zero-order valence-electron chi connectivity index (χ0n) is 11.8. The van der Waals surface area contributed by atoms with Crippen molar-refractivity contribution in [3.05, 3.63) is 34.9 Å². The van der Waals surface area contributed by atoms with Gasteiger partial charge in [-0.1, -0.05) is 26.8 Å². The first-order chi connectivity index (χ1) is 9.50. The van der Waals surface area contributed by atoms with E-state index in [1.165, 1.54) is 6.07 Å². The van der Waals surface area contributed by atoms with Crippen molar-refractivity contribution >= 4 is 12.0 Å². The average Bonchev–Trinajstić information content (AvgIpc) is 2.34. The molecule has 1 unspecified atom stereocenters. The number of carboxylic acids is 1. The van der Waals surface area contributed by atoms with Gasteiger partial charge in [0, 0.05) is 5.56 Å². The lowest BCUT2D eigenvalue weighted by Gasteiger charge is -2.28. The topological polar surface area (TPSA) is 46.5 Å². The summed E-state index contributed by atoms with van der Waals surface area (Å²) in [7, 11) is 0. The SMILES string of the molecule is CC(C)(C)c1ccc2c(c1)C=C(C(=O)O)C(C(F)(F)F)O2. The van der Waals surface area contributed by atoms with E-state index in [0.717, 1.165) is 11.6 Å². The maximum absolute atomic E-state index is 12.9. The van der Waals surface area contributed by atoms with Crippen molar-refractivity contribution in [1.82, 2.24) is 0 Å². The van der Waals surface area contributed by atoms with Gasteiger partial charge in [0.2, 0.25) is 6.10 Å². The molecule has 0 fully saturated rings. The molecule has 6 heteroatoms. The summed E-state index contributed by atoms with van der Waals surface area (Å²) in [5, 5.41) is 8.98. The summed E-state index contributed by atoms with van der Waals surface area (Å²) >= 11 is 0. The van der Waals surface area contributed by atoms with Crippen LogP contribution in [0.1, 0.15) is 31.9 Å². The number of ether oxygens (including phenoxy) is 1. The van der Waals surface area contributed by atoms with Crippen molar-refractivity contribution in [2.24, 2.45) is 0 Å². The largest absolute Gasteiger partial charge is 0.478 e. The molecule has 1 aromatic carbocycles. The molecule has 1 aliphatic heterocycles. The Morgan fingerprint density at radius 2 is 1.86 bits per heavy atom. The lowest BCUT2D eigenvalue weighted by atomic mass is 9.85. The van der Waals surface area contributed by atoms with E-state index in [1.54, 1.807) is 12.1 Å². The summed E-state index contributed by atoms with van der Waals surface area (Å²) in [6.45, 7) is 5.87. The maximum Gasteiger partial charge on any atom is 0.430 e. The number of aliphatic carboxylic acids is 1. The minimum Gasteiger partial charge on any atom is -0.478 e. The molecule has 0 radical (unpaired) electrons. The fourth-order valence-electron chi connectivity index (χ4n) is 2.09. The third-order valence-corrected chi connectivity index (χ3v) is 3.26. The Morgan fingerprint density at radius 3 is 2.33 bits per heavy atom. The molecule has 2 rings (SSSR count). The number of carbonyl (C=O) groups is 1. The number of fused-ring (bicyclic) bond motifs is 1. The summed E-state index contributed by atoms with van der Waals surface area (Å²) in [4.78, 5) is 11.1. The molecular formula is C15H15F3O3. The van der Waals surface area contributed by atoms with E-state index in [9.17, 15) is 18.0 Å². The Bertz CT molecular complexity index is 610. The van der Waals surface area contributed by atoms with Gasteiger partial charge in [-0.05, 0) is 29.2 Å². The van der Waals surface area contributed by atoms with Gasteiger partial charge in [0.25, 0.3) is 0 Å². The van der Waals surface area contributed by atoms with E-state index in [1.807, 2.05) is 20.8 Å². The Morgan fingerprint density at radius 1 is 1.24 bits per heavy atom. The fourth-order valence-corrected chi connectivity index (χ4v) is 2.09. The average molecular weight is 300 g/mol. The molecule has 0 amide bonds. The van der Waals surface area contributed by atoms with Crippen molar-refractivity contribution in [2.45, 2.75) is 38.5 Å². The van der Waals surface area contributed by atoms with E-state index >= 15 is 0 Å². The van der Waals surface area contributed by atoms with E-state index in [0.29, 0.717) is 5.56 Å².